The molecule has 1 aliphatic rings. The van der Waals surface area contributed by atoms with Gasteiger partial charge in [0.1, 0.15) is 0 Å². The summed E-state index contributed by atoms with van der Waals surface area (Å²) in [6.07, 6.45) is 5.48. The number of hydrogen-bond acceptors (Lipinski definition) is 3. The van der Waals surface area contributed by atoms with E-state index in [-0.39, 0.29) is 5.41 Å². The van der Waals surface area contributed by atoms with Gasteiger partial charge in [-0.05, 0) is 13.3 Å². The summed E-state index contributed by atoms with van der Waals surface area (Å²) in [5.74, 6) is 0. The predicted molar refractivity (Wildman–Crippen MR) is 67.6 cm³/mol. The second-order valence-corrected chi connectivity index (χ2v) is 5.46. The molecule has 0 saturated heterocycles. The van der Waals surface area contributed by atoms with Crippen LogP contribution in [0.2, 0.25) is 0 Å². The Morgan fingerprint density at radius 3 is 2.88 bits per heavy atom. The third-order valence-electron chi connectivity index (χ3n) is 3.86. The lowest BCUT2D eigenvalue weighted by atomic mass is 9.64. The highest BCUT2D eigenvalue weighted by Crippen LogP contribution is 2.42. The molecule has 1 saturated carbocycles. The van der Waals surface area contributed by atoms with E-state index in [4.69, 9.17) is 4.74 Å². The molecule has 4 nitrogen and oxygen atoms in total. The summed E-state index contributed by atoms with van der Waals surface area (Å²) in [7, 11) is 1.95. The van der Waals surface area contributed by atoms with Crippen LogP contribution in [0.4, 0.5) is 0 Å². The number of hydrogen-bond donors (Lipinski definition) is 1. The molecule has 0 aromatic carbocycles. The zero-order valence-corrected chi connectivity index (χ0v) is 11.2. The van der Waals surface area contributed by atoms with Gasteiger partial charge >= 0.3 is 0 Å². The van der Waals surface area contributed by atoms with Gasteiger partial charge in [-0.3, -0.25) is 4.68 Å². The summed E-state index contributed by atoms with van der Waals surface area (Å²) in [5.41, 5.74) is 1.47. The first kappa shape index (κ1) is 12.6. The maximum absolute atomic E-state index is 5.72. The smallest absolute Gasteiger partial charge is 0.0655 e. The molecule has 1 N–H and O–H groups in total. The molecule has 1 aromatic heterocycles. The molecule has 2 unspecified atom stereocenters. The number of aryl methyl sites for hydroxylation is 1. The van der Waals surface area contributed by atoms with Gasteiger partial charge in [0.15, 0.2) is 0 Å². The van der Waals surface area contributed by atoms with Crippen LogP contribution in [0, 0.1) is 5.41 Å². The fraction of sp³-hybridized carbons (Fsp3) is 0.769. The highest BCUT2D eigenvalue weighted by atomic mass is 16.5. The van der Waals surface area contributed by atoms with Gasteiger partial charge in [-0.1, -0.05) is 13.8 Å². The van der Waals surface area contributed by atoms with Gasteiger partial charge in [0.2, 0.25) is 0 Å². The zero-order valence-electron chi connectivity index (χ0n) is 11.2. The van der Waals surface area contributed by atoms with Crippen LogP contribution in [-0.2, 0) is 18.3 Å². The lowest BCUT2D eigenvalue weighted by Gasteiger charge is -2.52. The summed E-state index contributed by atoms with van der Waals surface area (Å²) in [6, 6.07) is 0.541. The Hall–Kier alpha value is -0.870. The molecule has 0 amide bonds. The highest BCUT2D eigenvalue weighted by molar-refractivity contribution is 5.07. The molecule has 0 radical (unpaired) electrons. The number of nitrogens with one attached hydrogen (secondary N) is 1. The Morgan fingerprint density at radius 2 is 2.35 bits per heavy atom. The van der Waals surface area contributed by atoms with E-state index in [0.29, 0.717) is 12.1 Å². The summed E-state index contributed by atoms with van der Waals surface area (Å²) in [6.45, 7) is 8.31. The zero-order chi connectivity index (χ0) is 12.5. The topological polar surface area (TPSA) is 39.1 Å². The van der Waals surface area contributed by atoms with Crippen molar-refractivity contribution in [3.05, 3.63) is 18.0 Å². The van der Waals surface area contributed by atoms with Gasteiger partial charge in [0, 0.05) is 43.4 Å². The molecule has 1 aromatic rings. The van der Waals surface area contributed by atoms with Crippen molar-refractivity contribution in [3.8, 4) is 0 Å². The summed E-state index contributed by atoms with van der Waals surface area (Å²) >= 11 is 0. The fourth-order valence-corrected chi connectivity index (χ4v) is 2.52. The van der Waals surface area contributed by atoms with E-state index in [0.717, 1.165) is 19.6 Å². The average Bonchev–Trinajstić information content (AvgIpc) is 2.68. The van der Waals surface area contributed by atoms with Gasteiger partial charge in [-0.15, -0.1) is 0 Å². The molecule has 1 aliphatic carbocycles. The van der Waals surface area contributed by atoms with Crippen molar-refractivity contribution in [3.63, 3.8) is 0 Å². The minimum atomic E-state index is 0.234. The van der Waals surface area contributed by atoms with Crippen LogP contribution < -0.4 is 5.32 Å². The normalized spacial score (nSPS) is 26.8. The maximum Gasteiger partial charge on any atom is 0.0655 e. The van der Waals surface area contributed by atoms with Gasteiger partial charge in [-0.25, -0.2) is 0 Å². The first-order chi connectivity index (χ1) is 8.04. The summed E-state index contributed by atoms with van der Waals surface area (Å²) < 4.78 is 7.56. The minimum absolute atomic E-state index is 0.234. The van der Waals surface area contributed by atoms with Crippen LogP contribution in [-0.4, -0.2) is 28.5 Å². The summed E-state index contributed by atoms with van der Waals surface area (Å²) in [5, 5.41) is 7.77. The molecule has 1 heterocycles. The van der Waals surface area contributed by atoms with Crippen molar-refractivity contribution < 1.29 is 4.74 Å². The monoisotopic (exact) mass is 237 g/mol. The minimum Gasteiger partial charge on any atom is -0.378 e. The standard InChI is InChI=1S/C13H23N3O/c1-5-17-12-6-11(13(12,2)3)14-7-10-8-15-16(4)9-10/h8-9,11-12,14H,5-7H2,1-4H3. The Balaban J connectivity index is 1.82. The Morgan fingerprint density at radius 1 is 1.59 bits per heavy atom. The van der Waals surface area contributed by atoms with Crippen molar-refractivity contribution in [1.29, 1.82) is 0 Å². The molecular weight excluding hydrogens is 214 g/mol. The number of nitrogens with zero attached hydrogens (tertiary/aromatic N) is 2. The van der Waals surface area contributed by atoms with E-state index in [1.54, 1.807) is 0 Å². The third-order valence-corrected chi connectivity index (χ3v) is 3.86. The van der Waals surface area contributed by atoms with Crippen molar-refractivity contribution in [1.82, 2.24) is 15.1 Å². The molecule has 4 heteroatoms. The van der Waals surface area contributed by atoms with E-state index in [1.807, 2.05) is 17.9 Å². The quantitative estimate of drug-likeness (QED) is 0.847. The van der Waals surface area contributed by atoms with Gasteiger partial charge in [0.25, 0.3) is 0 Å². The second-order valence-electron chi connectivity index (χ2n) is 5.46. The largest absolute Gasteiger partial charge is 0.378 e. The van der Waals surface area contributed by atoms with Crippen molar-refractivity contribution >= 4 is 0 Å². The van der Waals surface area contributed by atoms with Crippen LogP contribution in [0.15, 0.2) is 12.4 Å². The average molecular weight is 237 g/mol. The number of rotatable bonds is 5. The van der Waals surface area contributed by atoms with E-state index in [2.05, 4.69) is 37.4 Å². The highest BCUT2D eigenvalue weighted by Gasteiger charge is 2.48. The van der Waals surface area contributed by atoms with Gasteiger partial charge in [0.05, 0.1) is 12.3 Å². The molecule has 2 rings (SSSR count). The molecule has 0 bridgehead atoms. The lowest BCUT2D eigenvalue weighted by molar-refractivity contribution is -0.114. The molecule has 2 atom stereocenters. The Bertz CT molecular complexity index is 372. The molecular formula is C13H23N3O. The molecule has 1 fully saturated rings. The SMILES string of the molecule is CCOC1CC(NCc2cnn(C)c2)C1(C)C. The van der Waals surface area contributed by atoms with Crippen molar-refractivity contribution in [2.24, 2.45) is 12.5 Å². The maximum atomic E-state index is 5.72. The molecule has 17 heavy (non-hydrogen) atoms. The number of aromatic nitrogens is 2. The van der Waals surface area contributed by atoms with E-state index < -0.39 is 0 Å². The Kier molecular flexibility index (Phi) is 3.54. The van der Waals surface area contributed by atoms with Crippen LogP contribution in [0.5, 0.6) is 0 Å². The van der Waals surface area contributed by atoms with E-state index in [9.17, 15) is 0 Å². The molecule has 0 spiro atoms. The first-order valence-electron chi connectivity index (χ1n) is 6.36. The molecule has 0 aliphatic heterocycles. The van der Waals surface area contributed by atoms with E-state index >= 15 is 0 Å². The third kappa shape index (κ3) is 2.53. The first-order valence-corrected chi connectivity index (χ1v) is 6.36. The predicted octanol–water partition coefficient (Wildman–Crippen LogP) is 1.71. The number of ether oxygens (including phenoxy) is 1. The van der Waals surface area contributed by atoms with Crippen LogP contribution in [0.1, 0.15) is 32.8 Å². The van der Waals surface area contributed by atoms with Crippen molar-refractivity contribution in [2.45, 2.75) is 45.9 Å². The fourth-order valence-electron chi connectivity index (χ4n) is 2.52. The van der Waals surface area contributed by atoms with Crippen LogP contribution >= 0.6 is 0 Å². The summed E-state index contributed by atoms with van der Waals surface area (Å²) in [4.78, 5) is 0. The van der Waals surface area contributed by atoms with Crippen LogP contribution in [0.25, 0.3) is 0 Å². The second kappa shape index (κ2) is 4.78. The Labute approximate surface area is 103 Å². The van der Waals surface area contributed by atoms with Crippen LogP contribution in [0.3, 0.4) is 0 Å². The lowest BCUT2D eigenvalue weighted by Crippen LogP contribution is -2.60. The van der Waals surface area contributed by atoms with Gasteiger partial charge < -0.3 is 10.1 Å². The molecule has 96 valence electrons. The van der Waals surface area contributed by atoms with Crippen molar-refractivity contribution in [2.75, 3.05) is 6.61 Å². The van der Waals surface area contributed by atoms with E-state index in [1.165, 1.54) is 5.56 Å². The van der Waals surface area contributed by atoms with Gasteiger partial charge in [-0.2, -0.15) is 5.10 Å².